The Kier molecular flexibility index (Phi) is 4.31. The average molecular weight is 267 g/mol. The van der Waals surface area contributed by atoms with Crippen molar-refractivity contribution in [1.29, 1.82) is 0 Å². The van der Waals surface area contributed by atoms with Crippen molar-refractivity contribution in [3.63, 3.8) is 0 Å². The molecule has 0 fully saturated rings. The number of benzene rings is 1. The van der Waals surface area contributed by atoms with Gasteiger partial charge >= 0.3 is 5.97 Å². The molecule has 0 saturated carbocycles. The van der Waals surface area contributed by atoms with Crippen molar-refractivity contribution >= 4 is 27.5 Å². The van der Waals surface area contributed by atoms with Crippen molar-refractivity contribution in [3.8, 4) is 0 Å². The smallest absolute Gasteiger partial charge is 0.328 e. The second-order valence-electron chi connectivity index (χ2n) is 3.03. The Labute approximate surface area is 97.1 Å². The Bertz CT molecular complexity index is 419. The van der Waals surface area contributed by atoms with E-state index >= 15 is 0 Å². The summed E-state index contributed by atoms with van der Waals surface area (Å²) >= 11 is 3.44. The zero-order valence-corrected chi connectivity index (χ0v) is 9.86. The van der Waals surface area contributed by atoms with Crippen LogP contribution in [0.5, 0.6) is 0 Å². The standard InChI is InChI=1S/C12H11BrO2/c1-9(5-4-8-12(14)15)10-6-2-3-7-11(10)13/h2-8H,1H3,(H,14,15)/b8-4+,9-5+. The van der Waals surface area contributed by atoms with E-state index in [1.54, 1.807) is 6.08 Å². The van der Waals surface area contributed by atoms with Gasteiger partial charge in [0.1, 0.15) is 0 Å². The third-order valence-electron chi connectivity index (χ3n) is 1.88. The van der Waals surface area contributed by atoms with E-state index in [9.17, 15) is 4.79 Å². The van der Waals surface area contributed by atoms with E-state index < -0.39 is 5.97 Å². The summed E-state index contributed by atoms with van der Waals surface area (Å²) in [6.45, 7) is 1.94. The van der Waals surface area contributed by atoms with Gasteiger partial charge in [0.2, 0.25) is 0 Å². The molecular weight excluding hydrogens is 256 g/mol. The zero-order chi connectivity index (χ0) is 11.3. The molecule has 1 N–H and O–H groups in total. The van der Waals surface area contributed by atoms with Gasteiger partial charge in [0.05, 0.1) is 0 Å². The molecular formula is C12H11BrO2. The number of aliphatic carboxylic acids is 1. The summed E-state index contributed by atoms with van der Waals surface area (Å²) in [6, 6.07) is 7.81. The summed E-state index contributed by atoms with van der Waals surface area (Å²) in [5, 5.41) is 8.43. The highest BCUT2D eigenvalue weighted by Crippen LogP contribution is 2.23. The SMILES string of the molecule is C/C(=C\C=C\C(=O)O)c1ccccc1Br. The molecule has 0 aliphatic carbocycles. The first-order chi connectivity index (χ1) is 7.11. The summed E-state index contributed by atoms with van der Waals surface area (Å²) in [5.41, 5.74) is 2.08. The van der Waals surface area contributed by atoms with Crippen LogP contribution in [-0.4, -0.2) is 11.1 Å². The predicted molar refractivity (Wildman–Crippen MR) is 64.6 cm³/mol. The molecule has 0 atom stereocenters. The molecule has 0 bridgehead atoms. The van der Waals surface area contributed by atoms with Crippen molar-refractivity contribution < 1.29 is 9.90 Å². The van der Waals surface area contributed by atoms with E-state index in [1.807, 2.05) is 31.2 Å². The van der Waals surface area contributed by atoms with E-state index in [0.717, 1.165) is 21.7 Å². The van der Waals surface area contributed by atoms with Crippen molar-refractivity contribution in [2.45, 2.75) is 6.92 Å². The minimum atomic E-state index is -0.939. The first-order valence-electron chi connectivity index (χ1n) is 4.44. The Morgan fingerprint density at radius 3 is 2.67 bits per heavy atom. The molecule has 1 aromatic carbocycles. The molecule has 0 aliphatic rings. The van der Waals surface area contributed by atoms with Crippen LogP contribution in [0.2, 0.25) is 0 Å². The molecule has 0 aromatic heterocycles. The van der Waals surface area contributed by atoms with Crippen LogP contribution in [0.15, 0.2) is 47.0 Å². The molecule has 78 valence electrons. The molecule has 1 rings (SSSR count). The summed E-state index contributed by atoms with van der Waals surface area (Å²) < 4.78 is 1.00. The lowest BCUT2D eigenvalue weighted by atomic mass is 10.1. The summed E-state index contributed by atoms with van der Waals surface area (Å²) in [5.74, 6) is -0.939. The predicted octanol–water partition coefficient (Wildman–Crippen LogP) is 3.49. The van der Waals surface area contributed by atoms with Crippen LogP contribution in [0.3, 0.4) is 0 Å². The zero-order valence-electron chi connectivity index (χ0n) is 8.27. The number of hydrogen-bond donors (Lipinski definition) is 1. The second kappa shape index (κ2) is 5.51. The normalized spacial score (nSPS) is 12.0. The number of carbonyl (C=O) groups is 1. The van der Waals surface area contributed by atoms with E-state index in [0.29, 0.717) is 0 Å². The Morgan fingerprint density at radius 2 is 2.07 bits per heavy atom. The maximum Gasteiger partial charge on any atom is 0.328 e. The van der Waals surface area contributed by atoms with E-state index in [-0.39, 0.29) is 0 Å². The summed E-state index contributed by atoms with van der Waals surface area (Å²) in [7, 11) is 0. The van der Waals surface area contributed by atoms with Gasteiger partial charge in [-0.15, -0.1) is 0 Å². The molecule has 0 aliphatic heterocycles. The van der Waals surface area contributed by atoms with E-state index in [4.69, 9.17) is 5.11 Å². The largest absolute Gasteiger partial charge is 0.478 e. The van der Waals surface area contributed by atoms with Gasteiger partial charge in [-0.3, -0.25) is 0 Å². The highest BCUT2D eigenvalue weighted by atomic mass is 79.9. The van der Waals surface area contributed by atoms with Gasteiger partial charge in [0, 0.05) is 10.5 Å². The number of hydrogen-bond acceptors (Lipinski definition) is 1. The lowest BCUT2D eigenvalue weighted by molar-refractivity contribution is -0.131. The highest BCUT2D eigenvalue weighted by molar-refractivity contribution is 9.10. The molecule has 0 heterocycles. The number of carboxylic acid groups (broad SMARTS) is 1. The lowest BCUT2D eigenvalue weighted by Gasteiger charge is -2.02. The average Bonchev–Trinajstić information content (AvgIpc) is 2.17. The first-order valence-corrected chi connectivity index (χ1v) is 5.23. The van der Waals surface area contributed by atoms with Crippen LogP contribution in [0.25, 0.3) is 5.57 Å². The minimum absolute atomic E-state index is 0.939. The quantitative estimate of drug-likeness (QED) is 0.672. The number of allylic oxidation sites excluding steroid dienone is 3. The van der Waals surface area contributed by atoms with Crippen LogP contribution in [0, 0.1) is 0 Å². The fourth-order valence-corrected chi connectivity index (χ4v) is 1.74. The van der Waals surface area contributed by atoms with Gasteiger partial charge in [0.25, 0.3) is 0 Å². The maximum atomic E-state index is 10.3. The monoisotopic (exact) mass is 266 g/mol. The fraction of sp³-hybridized carbons (Fsp3) is 0.0833. The molecule has 3 heteroatoms. The molecule has 0 spiro atoms. The van der Waals surface area contributed by atoms with Crippen LogP contribution in [0.1, 0.15) is 12.5 Å². The van der Waals surface area contributed by atoms with Crippen molar-refractivity contribution in [2.24, 2.45) is 0 Å². The number of rotatable bonds is 3. The minimum Gasteiger partial charge on any atom is -0.478 e. The lowest BCUT2D eigenvalue weighted by Crippen LogP contribution is -1.85. The molecule has 2 nitrogen and oxygen atoms in total. The third kappa shape index (κ3) is 3.72. The highest BCUT2D eigenvalue weighted by Gasteiger charge is 1.98. The molecule has 0 saturated heterocycles. The summed E-state index contributed by atoms with van der Waals surface area (Å²) in [4.78, 5) is 10.3. The van der Waals surface area contributed by atoms with Crippen LogP contribution in [-0.2, 0) is 4.79 Å². The fourth-order valence-electron chi connectivity index (χ4n) is 1.15. The van der Waals surface area contributed by atoms with Gasteiger partial charge in [-0.25, -0.2) is 4.79 Å². The van der Waals surface area contributed by atoms with Crippen LogP contribution in [0.4, 0.5) is 0 Å². The molecule has 15 heavy (non-hydrogen) atoms. The summed E-state index contributed by atoms with van der Waals surface area (Å²) in [6.07, 6.45) is 4.41. The second-order valence-corrected chi connectivity index (χ2v) is 3.88. The van der Waals surface area contributed by atoms with Crippen LogP contribution < -0.4 is 0 Å². The third-order valence-corrected chi connectivity index (χ3v) is 2.58. The molecule has 0 amide bonds. The van der Waals surface area contributed by atoms with E-state index in [2.05, 4.69) is 15.9 Å². The van der Waals surface area contributed by atoms with Crippen molar-refractivity contribution in [1.82, 2.24) is 0 Å². The Hall–Kier alpha value is -1.35. The first kappa shape index (κ1) is 11.7. The molecule has 0 radical (unpaired) electrons. The van der Waals surface area contributed by atoms with Crippen LogP contribution >= 0.6 is 15.9 Å². The van der Waals surface area contributed by atoms with Crippen molar-refractivity contribution in [3.05, 3.63) is 52.5 Å². The number of carboxylic acids is 1. The Balaban J connectivity index is 2.90. The Morgan fingerprint density at radius 1 is 1.40 bits per heavy atom. The van der Waals surface area contributed by atoms with Gasteiger partial charge < -0.3 is 5.11 Å². The molecule has 0 unspecified atom stereocenters. The number of halogens is 1. The van der Waals surface area contributed by atoms with Gasteiger partial charge in [-0.1, -0.05) is 46.3 Å². The molecule has 1 aromatic rings. The van der Waals surface area contributed by atoms with Gasteiger partial charge in [-0.2, -0.15) is 0 Å². The van der Waals surface area contributed by atoms with Gasteiger partial charge in [-0.05, 0) is 24.1 Å². The van der Waals surface area contributed by atoms with E-state index in [1.165, 1.54) is 6.08 Å². The van der Waals surface area contributed by atoms with Gasteiger partial charge in [0.15, 0.2) is 0 Å². The van der Waals surface area contributed by atoms with Crippen molar-refractivity contribution in [2.75, 3.05) is 0 Å². The topological polar surface area (TPSA) is 37.3 Å². The maximum absolute atomic E-state index is 10.3.